The molecule has 0 bridgehead atoms. The van der Waals surface area contributed by atoms with E-state index in [4.69, 9.17) is 9.52 Å². The first kappa shape index (κ1) is 16.0. The van der Waals surface area contributed by atoms with Gasteiger partial charge in [0.15, 0.2) is 0 Å². The lowest BCUT2D eigenvalue weighted by Gasteiger charge is -2.26. The Kier molecular flexibility index (Phi) is 5.01. The highest BCUT2D eigenvalue weighted by molar-refractivity contribution is 5.66. The van der Waals surface area contributed by atoms with Crippen LogP contribution in [0, 0.1) is 11.8 Å². The minimum atomic E-state index is -0.783. The van der Waals surface area contributed by atoms with Crippen LogP contribution in [0.1, 0.15) is 71.1 Å². The van der Waals surface area contributed by atoms with Gasteiger partial charge in [-0.05, 0) is 31.1 Å². The maximum atomic E-state index is 10.7. The van der Waals surface area contributed by atoms with Crippen molar-refractivity contribution in [2.24, 2.45) is 11.8 Å². The summed E-state index contributed by atoms with van der Waals surface area (Å²) in [5, 5.41) is 17.3. The Morgan fingerprint density at radius 3 is 2.52 bits per heavy atom. The Hall–Kier alpha value is -1.39. The van der Waals surface area contributed by atoms with Gasteiger partial charge in [0.25, 0.3) is 0 Å². The molecule has 0 aromatic carbocycles. The zero-order chi connectivity index (χ0) is 15.5. The Bertz CT molecular complexity index is 476. The van der Waals surface area contributed by atoms with Crippen LogP contribution in [-0.4, -0.2) is 21.3 Å². The molecule has 1 atom stereocenters. The highest BCUT2D eigenvalue weighted by atomic mass is 16.4. The van der Waals surface area contributed by atoms with Gasteiger partial charge in [0.2, 0.25) is 11.8 Å². The Morgan fingerprint density at radius 2 is 1.95 bits per heavy atom. The van der Waals surface area contributed by atoms with Gasteiger partial charge in [0.1, 0.15) is 0 Å². The third-order valence-electron chi connectivity index (χ3n) is 4.33. The lowest BCUT2D eigenvalue weighted by atomic mass is 9.78. The quantitative estimate of drug-likeness (QED) is 0.831. The lowest BCUT2D eigenvalue weighted by molar-refractivity contribution is -0.137. The first-order valence-corrected chi connectivity index (χ1v) is 7.96. The summed E-state index contributed by atoms with van der Waals surface area (Å²) < 4.78 is 5.91. The monoisotopic (exact) mass is 294 g/mol. The molecule has 1 saturated carbocycles. The van der Waals surface area contributed by atoms with Crippen molar-refractivity contribution in [3.63, 3.8) is 0 Å². The lowest BCUT2D eigenvalue weighted by Crippen LogP contribution is -2.24. The van der Waals surface area contributed by atoms with E-state index in [0.29, 0.717) is 18.2 Å². The van der Waals surface area contributed by atoms with Crippen LogP contribution in [0.2, 0.25) is 0 Å². The maximum absolute atomic E-state index is 10.7. The molecule has 5 heteroatoms. The van der Waals surface area contributed by atoms with Crippen molar-refractivity contribution >= 4 is 5.97 Å². The molecule has 1 aliphatic carbocycles. The van der Waals surface area contributed by atoms with E-state index in [2.05, 4.69) is 24.0 Å². The molecule has 1 fully saturated rings. The minimum Gasteiger partial charge on any atom is -0.481 e. The van der Waals surface area contributed by atoms with Crippen LogP contribution in [0.4, 0.5) is 0 Å². The van der Waals surface area contributed by atoms with Crippen molar-refractivity contribution in [2.45, 2.75) is 71.1 Å². The number of aromatic nitrogens is 2. The number of aliphatic carboxylic acids is 1. The highest BCUT2D eigenvalue weighted by Gasteiger charge is 2.40. The molecule has 21 heavy (non-hydrogen) atoms. The summed E-state index contributed by atoms with van der Waals surface area (Å²) in [6.45, 7) is 6.36. The molecule has 118 valence electrons. The Balaban J connectivity index is 2.08. The second-order valence-corrected chi connectivity index (χ2v) is 6.99. The fraction of sp³-hybridized carbons (Fsp3) is 0.812. The molecule has 0 radical (unpaired) electrons. The molecule has 0 saturated heterocycles. The molecule has 1 aliphatic rings. The first-order chi connectivity index (χ1) is 9.91. The van der Waals surface area contributed by atoms with Crippen molar-refractivity contribution < 1.29 is 14.3 Å². The van der Waals surface area contributed by atoms with Crippen LogP contribution in [-0.2, 0) is 16.6 Å². The molecule has 5 nitrogen and oxygen atoms in total. The van der Waals surface area contributed by atoms with E-state index >= 15 is 0 Å². The third kappa shape index (κ3) is 4.05. The van der Waals surface area contributed by atoms with E-state index in [9.17, 15) is 4.79 Å². The molecule has 1 aromatic rings. The summed E-state index contributed by atoms with van der Waals surface area (Å²) in [6.07, 6.45) is 6.44. The average Bonchev–Trinajstić information content (AvgIpc) is 2.97. The Morgan fingerprint density at radius 1 is 1.29 bits per heavy atom. The Labute approximate surface area is 126 Å². The topological polar surface area (TPSA) is 76.2 Å². The van der Waals surface area contributed by atoms with E-state index < -0.39 is 5.97 Å². The molecule has 2 rings (SSSR count). The van der Waals surface area contributed by atoms with Gasteiger partial charge in [-0.1, -0.05) is 33.6 Å². The standard InChI is InChI=1S/C16H26N2O3/c1-11(2)10-16(6-4-5-7-16)15-18-17-13(21-15)8-12(3)9-14(19)20/h11-12H,4-10H2,1-3H3,(H,19,20). The largest absolute Gasteiger partial charge is 0.481 e. The molecule has 1 unspecified atom stereocenters. The molecule has 1 heterocycles. The van der Waals surface area contributed by atoms with E-state index in [-0.39, 0.29) is 17.8 Å². The molecule has 0 amide bonds. The van der Waals surface area contributed by atoms with Gasteiger partial charge >= 0.3 is 5.97 Å². The maximum Gasteiger partial charge on any atom is 0.303 e. The molecule has 0 spiro atoms. The molecular formula is C16H26N2O3. The highest BCUT2D eigenvalue weighted by Crippen LogP contribution is 2.45. The number of carboxylic acids is 1. The smallest absolute Gasteiger partial charge is 0.303 e. The molecule has 1 N–H and O–H groups in total. The van der Waals surface area contributed by atoms with Gasteiger partial charge in [-0.3, -0.25) is 4.79 Å². The van der Waals surface area contributed by atoms with Gasteiger partial charge in [0, 0.05) is 18.3 Å². The zero-order valence-corrected chi connectivity index (χ0v) is 13.3. The number of carboxylic acid groups (broad SMARTS) is 1. The predicted octanol–water partition coefficient (Wildman–Crippen LogP) is 3.58. The van der Waals surface area contributed by atoms with E-state index in [1.54, 1.807) is 0 Å². The second-order valence-electron chi connectivity index (χ2n) is 6.99. The number of hydrogen-bond donors (Lipinski definition) is 1. The summed E-state index contributed by atoms with van der Waals surface area (Å²) in [4.78, 5) is 10.7. The molecular weight excluding hydrogens is 268 g/mol. The van der Waals surface area contributed by atoms with Gasteiger partial charge in [-0.15, -0.1) is 10.2 Å². The summed E-state index contributed by atoms with van der Waals surface area (Å²) in [6, 6.07) is 0. The number of hydrogen-bond acceptors (Lipinski definition) is 4. The fourth-order valence-electron chi connectivity index (χ4n) is 3.56. The van der Waals surface area contributed by atoms with Crippen LogP contribution in [0.3, 0.4) is 0 Å². The number of nitrogens with zero attached hydrogens (tertiary/aromatic N) is 2. The fourth-order valence-corrected chi connectivity index (χ4v) is 3.56. The van der Waals surface area contributed by atoms with E-state index in [1.165, 1.54) is 12.8 Å². The average molecular weight is 294 g/mol. The van der Waals surface area contributed by atoms with Crippen LogP contribution in [0.5, 0.6) is 0 Å². The normalized spacial score (nSPS) is 19.0. The van der Waals surface area contributed by atoms with Gasteiger partial charge in [-0.2, -0.15) is 0 Å². The van der Waals surface area contributed by atoms with Crippen LogP contribution >= 0.6 is 0 Å². The predicted molar refractivity (Wildman–Crippen MR) is 79.0 cm³/mol. The van der Waals surface area contributed by atoms with Crippen molar-refractivity contribution in [3.8, 4) is 0 Å². The summed E-state index contributed by atoms with van der Waals surface area (Å²) in [5.41, 5.74) is 0.0510. The van der Waals surface area contributed by atoms with Gasteiger partial charge < -0.3 is 9.52 Å². The van der Waals surface area contributed by atoms with Crippen molar-refractivity contribution in [1.29, 1.82) is 0 Å². The first-order valence-electron chi connectivity index (χ1n) is 7.96. The van der Waals surface area contributed by atoms with E-state index in [0.717, 1.165) is 25.2 Å². The molecule has 0 aliphatic heterocycles. The third-order valence-corrected chi connectivity index (χ3v) is 4.33. The summed E-state index contributed by atoms with van der Waals surface area (Å²) >= 11 is 0. The second kappa shape index (κ2) is 6.58. The van der Waals surface area contributed by atoms with Crippen LogP contribution < -0.4 is 0 Å². The van der Waals surface area contributed by atoms with Gasteiger partial charge in [0.05, 0.1) is 0 Å². The van der Waals surface area contributed by atoms with E-state index in [1.807, 2.05) is 6.92 Å². The van der Waals surface area contributed by atoms with Gasteiger partial charge in [-0.25, -0.2) is 0 Å². The number of rotatable bonds is 7. The minimum absolute atomic E-state index is 0.0143. The van der Waals surface area contributed by atoms with Crippen molar-refractivity contribution in [1.82, 2.24) is 10.2 Å². The van der Waals surface area contributed by atoms with Crippen LogP contribution in [0.15, 0.2) is 4.42 Å². The molecule has 1 aromatic heterocycles. The SMILES string of the molecule is CC(C)CC1(c2nnc(CC(C)CC(=O)O)o2)CCCC1. The number of carbonyl (C=O) groups is 1. The zero-order valence-electron chi connectivity index (χ0n) is 13.3. The van der Waals surface area contributed by atoms with Crippen LogP contribution in [0.25, 0.3) is 0 Å². The summed E-state index contributed by atoms with van der Waals surface area (Å²) in [7, 11) is 0. The van der Waals surface area contributed by atoms with Crippen molar-refractivity contribution in [3.05, 3.63) is 11.8 Å². The summed E-state index contributed by atoms with van der Waals surface area (Å²) in [5.74, 6) is 1.18. The van der Waals surface area contributed by atoms with Crippen molar-refractivity contribution in [2.75, 3.05) is 0 Å².